The number of H-pyrrole nitrogens is 1. The Bertz CT molecular complexity index is 689. The van der Waals surface area contributed by atoms with Gasteiger partial charge in [-0.15, -0.1) is 0 Å². The largest absolute Gasteiger partial charge is 0.372 e. The van der Waals surface area contributed by atoms with Gasteiger partial charge in [-0.1, -0.05) is 12.1 Å². The number of halogens is 1. The fraction of sp³-hybridized carbons (Fsp3) is 0.154. The van der Waals surface area contributed by atoms with Gasteiger partial charge in [-0.2, -0.15) is 0 Å². The topological polar surface area (TPSA) is 66.5 Å². The summed E-state index contributed by atoms with van der Waals surface area (Å²) in [5, 5.41) is 3.02. The molecule has 0 bridgehead atoms. The third kappa shape index (κ3) is 2.44. The van der Waals surface area contributed by atoms with Gasteiger partial charge in [0.1, 0.15) is 17.5 Å². The van der Waals surface area contributed by atoms with Crippen molar-refractivity contribution in [3.8, 4) is 0 Å². The summed E-state index contributed by atoms with van der Waals surface area (Å²) in [4.78, 5) is 16.5. The lowest BCUT2D eigenvalue weighted by atomic mass is 10.3. The molecule has 2 N–H and O–H groups in total. The monoisotopic (exact) mass is 317 g/mol. The summed E-state index contributed by atoms with van der Waals surface area (Å²) in [6.45, 7) is 0. The molecule has 2 heterocycles. The highest BCUT2D eigenvalue weighted by Gasteiger charge is 2.07. The Balaban J connectivity index is 1.92. The van der Waals surface area contributed by atoms with E-state index in [1.807, 2.05) is 31.3 Å². The first kappa shape index (κ1) is 12.1. The number of imidazole rings is 1. The first-order valence-electron chi connectivity index (χ1n) is 5.89. The molecular weight excluding hydrogens is 306 g/mol. The molecule has 19 heavy (non-hydrogen) atoms. The molecule has 0 atom stereocenters. The van der Waals surface area contributed by atoms with E-state index in [1.54, 1.807) is 6.20 Å². The number of hydrogen-bond acceptors (Lipinski definition) is 4. The SMILES string of the molecule is CNc1nc(Cc2nc3ccccc3[nH]2)ncc1Br. The van der Waals surface area contributed by atoms with Crippen molar-refractivity contribution in [1.29, 1.82) is 0 Å². The van der Waals surface area contributed by atoms with E-state index in [4.69, 9.17) is 0 Å². The first-order chi connectivity index (χ1) is 9.26. The van der Waals surface area contributed by atoms with E-state index in [0.717, 1.165) is 33.0 Å². The molecule has 1 aromatic carbocycles. The Morgan fingerprint density at radius 1 is 1.26 bits per heavy atom. The van der Waals surface area contributed by atoms with Crippen LogP contribution in [0.2, 0.25) is 0 Å². The molecule has 3 aromatic rings. The maximum absolute atomic E-state index is 4.52. The van der Waals surface area contributed by atoms with E-state index in [1.165, 1.54) is 0 Å². The van der Waals surface area contributed by atoms with Crippen LogP contribution in [0.5, 0.6) is 0 Å². The highest BCUT2D eigenvalue weighted by Crippen LogP contribution is 2.19. The smallest absolute Gasteiger partial charge is 0.143 e. The zero-order valence-corrected chi connectivity index (χ0v) is 11.9. The molecule has 0 aliphatic carbocycles. The van der Waals surface area contributed by atoms with Gasteiger partial charge in [0.25, 0.3) is 0 Å². The quantitative estimate of drug-likeness (QED) is 0.779. The van der Waals surface area contributed by atoms with Gasteiger partial charge in [0.2, 0.25) is 0 Å². The minimum atomic E-state index is 0.580. The van der Waals surface area contributed by atoms with Crippen LogP contribution in [0.25, 0.3) is 11.0 Å². The summed E-state index contributed by atoms with van der Waals surface area (Å²) in [5.41, 5.74) is 1.99. The van der Waals surface area contributed by atoms with E-state index in [9.17, 15) is 0 Å². The van der Waals surface area contributed by atoms with Gasteiger partial charge >= 0.3 is 0 Å². The van der Waals surface area contributed by atoms with E-state index in [0.29, 0.717) is 6.42 Å². The summed E-state index contributed by atoms with van der Waals surface area (Å²) >= 11 is 3.39. The minimum absolute atomic E-state index is 0.580. The molecule has 5 nitrogen and oxygen atoms in total. The number of hydrogen-bond donors (Lipinski definition) is 2. The number of aromatic nitrogens is 4. The van der Waals surface area contributed by atoms with Crippen LogP contribution in [0.3, 0.4) is 0 Å². The summed E-state index contributed by atoms with van der Waals surface area (Å²) in [7, 11) is 1.83. The van der Waals surface area contributed by atoms with Crippen LogP contribution in [0.15, 0.2) is 34.9 Å². The number of fused-ring (bicyclic) bond motifs is 1. The van der Waals surface area contributed by atoms with Crippen molar-refractivity contribution in [1.82, 2.24) is 19.9 Å². The molecule has 0 fully saturated rings. The normalized spacial score (nSPS) is 10.8. The Morgan fingerprint density at radius 2 is 2.11 bits per heavy atom. The second kappa shape index (κ2) is 4.97. The predicted molar refractivity (Wildman–Crippen MR) is 78.2 cm³/mol. The highest BCUT2D eigenvalue weighted by atomic mass is 79.9. The lowest BCUT2D eigenvalue weighted by molar-refractivity contribution is 0.915. The van der Waals surface area contributed by atoms with Crippen LogP contribution in [0.4, 0.5) is 5.82 Å². The second-order valence-electron chi connectivity index (χ2n) is 4.11. The van der Waals surface area contributed by atoms with Crippen molar-refractivity contribution in [2.45, 2.75) is 6.42 Å². The number of anilines is 1. The van der Waals surface area contributed by atoms with Crippen molar-refractivity contribution in [3.63, 3.8) is 0 Å². The summed E-state index contributed by atoms with van der Waals surface area (Å²) in [6, 6.07) is 7.95. The van der Waals surface area contributed by atoms with Crippen LogP contribution in [0.1, 0.15) is 11.6 Å². The average molecular weight is 318 g/mol. The third-order valence-electron chi connectivity index (χ3n) is 2.79. The lowest BCUT2D eigenvalue weighted by Crippen LogP contribution is -2.02. The number of nitrogens with one attached hydrogen (secondary N) is 2. The minimum Gasteiger partial charge on any atom is -0.372 e. The molecule has 0 saturated carbocycles. The van der Waals surface area contributed by atoms with Crippen molar-refractivity contribution < 1.29 is 0 Å². The average Bonchev–Trinajstić information content (AvgIpc) is 2.83. The fourth-order valence-corrected chi connectivity index (χ4v) is 2.29. The lowest BCUT2D eigenvalue weighted by Gasteiger charge is -2.03. The van der Waals surface area contributed by atoms with Crippen LogP contribution in [0, 0.1) is 0 Å². The summed E-state index contributed by atoms with van der Waals surface area (Å²) in [6.07, 6.45) is 2.33. The zero-order valence-electron chi connectivity index (χ0n) is 10.3. The Morgan fingerprint density at radius 3 is 2.89 bits per heavy atom. The Hall–Kier alpha value is -1.95. The second-order valence-corrected chi connectivity index (χ2v) is 4.96. The molecule has 6 heteroatoms. The van der Waals surface area contributed by atoms with Gasteiger partial charge in [-0.05, 0) is 28.1 Å². The van der Waals surface area contributed by atoms with Gasteiger partial charge in [-0.25, -0.2) is 15.0 Å². The molecule has 0 aliphatic heterocycles. The number of aromatic amines is 1. The van der Waals surface area contributed by atoms with Gasteiger partial charge in [0.15, 0.2) is 0 Å². The number of benzene rings is 1. The molecule has 0 amide bonds. The molecule has 0 radical (unpaired) electrons. The molecular formula is C13H12BrN5. The van der Waals surface area contributed by atoms with Gasteiger partial charge < -0.3 is 10.3 Å². The number of rotatable bonds is 3. The molecule has 0 saturated heterocycles. The van der Waals surface area contributed by atoms with Gasteiger partial charge in [0.05, 0.1) is 21.9 Å². The van der Waals surface area contributed by atoms with Crippen LogP contribution < -0.4 is 5.32 Å². The summed E-state index contributed by atoms with van der Waals surface area (Å²) < 4.78 is 0.850. The van der Waals surface area contributed by atoms with E-state index in [-0.39, 0.29) is 0 Å². The third-order valence-corrected chi connectivity index (χ3v) is 3.38. The fourth-order valence-electron chi connectivity index (χ4n) is 1.90. The molecule has 2 aromatic heterocycles. The van der Waals surface area contributed by atoms with Crippen LogP contribution in [-0.2, 0) is 6.42 Å². The van der Waals surface area contributed by atoms with Crippen molar-refractivity contribution in [3.05, 3.63) is 46.6 Å². The molecule has 3 rings (SSSR count). The van der Waals surface area contributed by atoms with Gasteiger partial charge in [-0.3, -0.25) is 0 Å². The van der Waals surface area contributed by atoms with Gasteiger partial charge in [0, 0.05) is 13.2 Å². The van der Waals surface area contributed by atoms with Crippen LogP contribution >= 0.6 is 15.9 Å². The number of para-hydroxylation sites is 2. The number of nitrogens with zero attached hydrogens (tertiary/aromatic N) is 3. The van der Waals surface area contributed by atoms with Crippen molar-refractivity contribution in [2.75, 3.05) is 12.4 Å². The first-order valence-corrected chi connectivity index (χ1v) is 6.68. The molecule has 0 unspecified atom stereocenters. The van der Waals surface area contributed by atoms with Crippen molar-refractivity contribution >= 4 is 32.8 Å². The van der Waals surface area contributed by atoms with E-state index >= 15 is 0 Å². The Kier molecular flexibility index (Phi) is 3.16. The predicted octanol–water partition coefficient (Wildman–Crippen LogP) is 2.75. The zero-order chi connectivity index (χ0) is 13.2. The highest BCUT2D eigenvalue weighted by molar-refractivity contribution is 9.10. The molecule has 0 spiro atoms. The van der Waals surface area contributed by atoms with E-state index in [2.05, 4.69) is 41.2 Å². The standard InChI is InChI=1S/C13H12BrN5/c1-15-13-8(14)7-16-11(19-13)6-12-17-9-4-2-3-5-10(9)18-12/h2-5,7H,6H2,1H3,(H,17,18)(H,15,16,19). The maximum Gasteiger partial charge on any atom is 0.143 e. The Labute approximate surface area is 118 Å². The maximum atomic E-state index is 4.52. The van der Waals surface area contributed by atoms with Crippen LogP contribution in [-0.4, -0.2) is 27.0 Å². The van der Waals surface area contributed by atoms with Crippen molar-refractivity contribution in [2.24, 2.45) is 0 Å². The van der Waals surface area contributed by atoms with E-state index < -0.39 is 0 Å². The molecule has 96 valence electrons. The molecule has 0 aliphatic rings. The summed E-state index contributed by atoms with van der Waals surface area (Å²) in [5.74, 6) is 2.37.